The van der Waals surface area contributed by atoms with Gasteiger partial charge in [-0.2, -0.15) is 5.26 Å². The highest BCUT2D eigenvalue weighted by molar-refractivity contribution is 14.1. The Labute approximate surface area is 289 Å². The van der Waals surface area contributed by atoms with Crippen molar-refractivity contribution in [3.8, 4) is 29.1 Å². The minimum Gasteiger partial charge on any atom is -0.493 e. The lowest BCUT2D eigenvalue weighted by atomic mass is 9.95. The molecule has 5 rings (SSSR count). The van der Waals surface area contributed by atoms with E-state index in [2.05, 4.69) is 33.7 Å². The molecule has 0 fully saturated rings. The molecule has 1 atom stereocenters. The number of benzene rings is 3. The molecule has 12 heteroatoms. The van der Waals surface area contributed by atoms with Gasteiger partial charge in [0, 0.05) is 5.56 Å². The minimum atomic E-state index is -0.806. The number of nitrogens with zero attached hydrogens (tertiary/aromatic N) is 3. The third kappa shape index (κ3) is 6.91. The summed E-state index contributed by atoms with van der Waals surface area (Å²) in [7, 11) is 3.10. The zero-order chi connectivity index (χ0) is 33.7. The van der Waals surface area contributed by atoms with Crippen LogP contribution in [0.5, 0.6) is 23.0 Å². The average Bonchev–Trinajstić information content (AvgIpc) is 3.37. The van der Waals surface area contributed by atoms with E-state index in [0.29, 0.717) is 61.3 Å². The normalized spacial score (nSPS) is 14.1. The van der Waals surface area contributed by atoms with Crippen molar-refractivity contribution in [2.45, 2.75) is 33.4 Å². The van der Waals surface area contributed by atoms with E-state index >= 15 is 0 Å². The molecule has 0 radical (unpaired) electrons. The summed E-state index contributed by atoms with van der Waals surface area (Å²) in [6.07, 6.45) is 1.77. The number of hydrogen-bond donors (Lipinski definition) is 0. The Hall–Kier alpha value is -4.61. The zero-order valence-corrected chi connectivity index (χ0v) is 29.4. The Kier molecular flexibility index (Phi) is 10.7. The van der Waals surface area contributed by atoms with Gasteiger partial charge in [0.25, 0.3) is 5.56 Å². The van der Waals surface area contributed by atoms with Gasteiger partial charge in [0.2, 0.25) is 0 Å². The van der Waals surface area contributed by atoms with Gasteiger partial charge in [-0.15, -0.1) is 0 Å². The van der Waals surface area contributed by atoms with Gasteiger partial charge in [-0.25, -0.2) is 9.79 Å². The fourth-order valence-corrected chi connectivity index (χ4v) is 7.09. The molecule has 10 nitrogen and oxygen atoms in total. The van der Waals surface area contributed by atoms with Crippen molar-refractivity contribution in [2.75, 3.05) is 27.4 Å². The number of esters is 1. The summed E-state index contributed by atoms with van der Waals surface area (Å²) >= 11 is 3.39. The van der Waals surface area contributed by atoms with E-state index < -0.39 is 12.0 Å². The lowest BCUT2D eigenvalue weighted by Gasteiger charge is -2.25. The minimum absolute atomic E-state index is 0.171. The van der Waals surface area contributed by atoms with Crippen LogP contribution in [-0.2, 0) is 16.1 Å². The second-order valence-electron chi connectivity index (χ2n) is 10.2. The molecule has 0 bridgehead atoms. The van der Waals surface area contributed by atoms with Crippen molar-refractivity contribution in [3.63, 3.8) is 0 Å². The summed E-state index contributed by atoms with van der Waals surface area (Å²) in [5, 5.41) is 9.44. The molecule has 0 aliphatic carbocycles. The van der Waals surface area contributed by atoms with Gasteiger partial charge in [-0.3, -0.25) is 9.36 Å². The van der Waals surface area contributed by atoms with Crippen LogP contribution in [0, 0.1) is 14.9 Å². The molecule has 242 valence electrons. The van der Waals surface area contributed by atoms with Gasteiger partial charge in [0.15, 0.2) is 27.8 Å². The van der Waals surface area contributed by atoms with Crippen LogP contribution in [-0.4, -0.2) is 38.0 Å². The SMILES string of the molecule is CCOC(=O)C1=C(C)N=c2s/c(=C\c3cc(I)c(OCc4ccccc4C#N)c(OC)c3)c(=O)n2[C@@H]1c1ccc(OC)c(OCC)c1. The highest BCUT2D eigenvalue weighted by Crippen LogP contribution is 2.37. The van der Waals surface area contributed by atoms with E-state index in [1.165, 1.54) is 15.9 Å². The fourth-order valence-electron chi connectivity index (χ4n) is 5.26. The van der Waals surface area contributed by atoms with Gasteiger partial charge in [-0.1, -0.05) is 35.6 Å². The lowest BCUT2D eigenvalue weighted by molar-refractivity contribution is -0.139. The van der Waals surface area contributed by atoms with E-state index in [0.717, 1.165) is 9.13 Å². The largest absolute Gasteiger partial charge is 0.493 e. The summed E-state index contributed by atoms with van der Waals surface area (Å²) < 4.78 is 31.2. The van der Waals surface area contributed by atoms with Gasteiger partial charge in [0.05, 0.1) is 64.5 Å². The molecule has 0 spiro atoms. The number of methoxy groups -OCH3 is 2. The van der Waals surface area contributed by atoms with Crippen LogP contribution in [0.2, 0.25) is 0 Å². The number of rotatable bonds is 11. The fraction of sp³-hybridized carbons (Fsp3) is 0.257. The predicted molar refractivity (Wildman–Crippen MR) is 186 cm³/mol. The van der Waals surface area contributed by atoms with Crippen molar-refractivity contribution in [1.82, 2.24) is 4.57 Å². The quantitative estimate of drug-likeness (QED) is 0.150. The molecule has 4 aromatic rings. The van der Waals surface area contributed by atoms with E-state index in [1.54, 1.807) is 58.4 Å². The molecule has 1 aromatic heterocycles. The number of allylic oxidation sites excluding steroid dienone is 1. The van der Waals surface area contributed by atoms with Crippen molar-refractivity contribution in [3.05, 3.63) is 111 Å². The zero-order valence-electron chi connectivity index (χ0n) is 26.5. The molecule has 0 saturated heterocycles. The van der Waals surface area contributed by atoms with Crippen LogP contribution in [0.3, 0.4) is 0 Å². The van der Waals surface area contributed by atoms with Crippen LogP contribution in [0.1, 0.15) is 49.1 Å². The second-order valence-corrected chi connectivity index (χ2v) is 12.4. The van der Waals surface area contributed by atoms with E-state index in [-0.39, 0.29) is 24.3 Å². The number of hydrogen-bond acceptors (Lipinski definition) is 10. The maximum atomic E-state index is 14.2. The summed E-state index contributed by atoms with van der Waals surface area (Å²) in [4.78, 5) is 32.6. The number of nitriles is 1. The van der Waals surface area contributed by atoms with Gasteiger partial charge in [-0.05, 0) is 90.9 Å². The van der Waals surface area contributed by atoms with E-state index in [1.807, 2.05) is 37.3 Å². The Bertz CT molecular complexity index is 2100. The Morgan fingerprint density at radius 3 is 2.51 bits per heavy atom. The molecule has 0 N–H and O–H groups in total. The predicted octanol–water partition coefficient (Wildman–Crippen LogP) is 5.27. The molecular formula is C35H32IN3O7S. The standard InChI is InChI=1S/C35H32IN3O7S/c1-6-44-27-17-22(12-13-26(27)42-4)31-30(34(41)45-7-2)20(3)38-35-39(31)33(40)29(47-35)16-21-14-25(36)32(28(15-21)43-5)46-19-24-11-9-8-10-23(24)18-37/h8-17,31H,6-7,19H2,1-5H3/b29-16-/t31-/m1/s1. The first-order valence-electron chi connectivity index (χ1n) is 14.7. The maximum absolute atomic E-state index is 14.2. The Morgan fingerprint density at radius 2 is 1.81 bits per heavy atom. The first-order chi connectivity index (χ1) is 22.7. The molecule has 0 saturated carbocycles. The third-order valence-electron chi connectivity index (χ3n) is 7.38. The van der Waals surface area contributed by atoms with E-state index in [4.69, 9.17) is 23.7 Å². The summed E-state index contributed by atoms with van der Waals surface area (Å²) in [6.45, 7) is 6.10. The third-order valence-corrected chi connectivity index (χ3v) is 9.16. The second kappa shape index (κ2) is 14.9. The molecule has 0 amide bonds. The topological polar surface area (TPSA) is 121 Å². The first-order valence-corrected chi connectivity index (χ1v) is 16.6. The number of halogens is 1. The number of fused-ring (bicyclic) bond motifs is 1. The number of carbonyl (C=O) groups is 1. The Morgan fingerprint density at radius 1 is 1.04 bits per heavy atom. The smallest absolute Gasteiger partial charge is 0.338 e. The van der Waals surface area contributed by atoms with Crippen LogP contribution in [0.15, 0.2) is 75.7 Å². The van der Waals surface area contributed by atoms with Crippen LogP contribution in [0.4, 0.5) is 0 Å². The average molecular weight is 766 g/mol. The van der Waals surface area contributed by atoms with Gasteiger partial charge >= 0.3 is 5.97 Å². The number of thiazole rings is 1. The molecule has 0 unspecified atom stereocenters. The monoisotopic (exact) mass is 765 g/mol. The highest BCUT2D eigenvalue weighted by atomic mass is 127. The van der Waals surface area contributed by atoms with Crippen LogP contribution >= 0.6 is 33.9 Å². The van der Waals surface area contributed by atoms with Crippen LogP contribution < -0.4 is 33.8 Å². The first kappa shape index (κ1) is 33.7. The molecule has 2 heterocycles. The summed E-state index contributed by atoms with van der Waals surface area (Å²) in [5.41, 5.74) is 3.08. The summed E-state index contributed by atoms with van der Waals surface area (Å²) in [6, 6.07) is 17.6. The van der Waals surface area contributed by atoms with Gasteiger partial charge < -0.3 is 23.7 Å². The molecular weight excluding hydrogens is 733 g/mol. The van der Waals surface area contributed by atoms with Crippen molar-refractivity contribution >= 4 is 46.0 Å². The van der Waals surface area contributed by atoms with Crippen LogP contribution in [0.25, 0.3) is 6.08 Å². The molecule has 3 aromatic carbocycles. The van der Waals surface area contributed by atoms with Gasteiger partial charge in [0.1, 0.15) is 6.61 Å². The molecule has 47 heavy (non-hydrogen) atoms. The number of ether oxygens (including phenoxy) is 5. The highest BCUT2D eigenvalue weighted by Gasteiger charge is 2.34. The lowest BCUT2D eigenvalue weighted by Crippen LogP contribution is -2.40. The van der Waals surface area contributed by atoms with E-state index in [9.17, 15) is 14.9 Å². The molecule has 1 aliphatic heterocycles. The number of aromatic nitrogens is 1. The molecule has 1 aliphatic rings. The Balaban J connectivity index is 1.60. The maximum Gasteiger partial charge on any atom is 0.338 e. The summed E-state index contributed by atoms with van der Waals surface area (Å²) in [5.74, 6) is 1.48. The van der Waals surface area contributed by atoms with Crippen molar-refractivity contribution in [2.24, 2.45) is 4.99 Å². The van der Waals surface area contributed by atoms with Crippen molar-refractivity contribution < 1.29 is 28.5 Å². The number of carbonyl (C=O) groups excluding carboxylic acids is 1. The van der Waals surface area contributed by atoms with Crippen molar-refractivity contribution in [1.29, 1.82) is 5.26 Å².